The van der Waals surface area contributed by atoms with Gasteiger partial charge in [-0.25, -0.2) is 0 Å². The lowest BCUT2D eigenvalue weighted by Crippen LogP contribution is -2.33. The topological polar surface area (TPSA) is 52.4 Å². The lowest BCUT2D eigenvalue weighted by Gasteiger charge is -2.20. The zero-order chi connectivity index (χ0) is 13.2. The molecule has 0 spiro atoms. The molecule has 1 atom stereocenters. The van der Waals surface area contributed by atoms with Gasteiger partial charge in [-0.3, -0.25) is 10.1 Å². The summed E-state index contributed by atoms with van der Waals surface area (Å²) in [4.78, 5) is 9.89. The van der Waals surface area contributed by atoms with E-state index in [1.54, 1.807) is 30.3 Å². The number of ether oxygens (including phenoxy) is 1. The first kappa shape index (κ1) is 12.3. The summed E-state index contributed by atoms with van der Waals surface area (Å²) in [6.07, 6.45) is 2.23. The van der Waals surface area contributed by atoms with Crippen molar-refractivity contribution in [1.82, 2.24) is 0 Å². The minimum atomic E-state index is -2.61. The highest BCUT2D eigenvalue weighted by atomic mass is 19.1. The van der Waals surface area contributed by atoms with Gasteiger partial charge in [0.15, 0.2) is 0 Å². The van der Waals surface area contributed by atoms with Crippen LogP contribution in [0.4, 0.5) is 4.39 Å². The van der Waals surface area contributed by atoms with E-state index in [4.69, 9.17) is 4.74 Å². The van der Waals surface area contributed by atoms with Crippen molar-refractivity contribution in [3.05, 3.63) is 63.9 Å². The number of nitrogens with zero attached hydrogens (tertiary/aromatic N) is 1. The second-order valence-electron chi connectivity index (χ2n) is 4.04. The second kappa shape index (κ2) is 4.60. The quantitative estimate of drug-likeness (QED) is 0.470. The largest absolute Gasteiger partial charge is 0.497 e. The highest BCUT2D eigenvalue weighted by Gasteiger charge is 2.44. The Morgan fingerprint density at radius 3 is 2.61 bits per heavy atom. The number of methoxy groups -OCH3 is 1. The Kier molecular flexibility index (Phi) is 3.14. The van der Waals surface area contributed by atoms with Crippen molar-refractivity contribution >= 4 is 5.57 Å². The van der Waals surface area contributed by atoms with Gasteiger partial charge in [0.05, 0.1) is 24.5 Å². The predicted octanol–water partition coefficient (Wildman–Crippen LogP) is 2.95. The smallest absolute Gasteiger partial charge is 0.385 e. The van der Waals surface area contributed by atoms with Crippen LogP contribution >= 0.6 is 0 Å². The number of hydrogen-bond acceptors (Lipinski definition) is 3. The van der Waals surface area contributed by atoms with Crippen molar-refractivity contribution in [3.63, 3.8) is 0 Å². The van der Waals surface area contributed by atoms with Crippen LogP contribution in [0.1, 0.15) is 12.0 Å². The first-order chi connectivity index (χ1) is 8.55. The SMILES string of the molecule is COC1=CC(F)([N+](=O)[O-])CC(c2ccccc2)=C1. The van der Waals surface area contributed by atoms with Gasteiger partial charge in [-0.15, -0.1) is 0 Å². The molecule has 1 aliphatic rings. The number of alkyl halides is 1. The lowest BCUT2D eigenvalue weighted by atomic mass is 9.92. The minimum Gasteiger partial charge on any atom is -0.497 e. The molecule has 0 saturated carbocycles. The van der Waals surface area contributed by atoms with Crippen LogP contribution in [0, 0.1) is 10.1 Å². The molecular weight excluding hydrogens is 237 g/mol. The summed E-state index contributed by atoms with van der Waals surface area (Å²) in [5.74, 6) is -2.44. The fourth-order valence-corrected chi connectivity index (χ4v) is 1.87. The first-order valence-corrected chi connectivity index (χ1v) is 5.41. The minimum absolute atomic E-state index is 0.166. The van der Waals surface area contributed by atoms with Gasteiger partial charge in [-0.1, -0.05) is 30.3 Å². The fourth-order valence-electron chi connectivity index (χ4n) is 1.87. The Bertz CT molecular complexity index is 524. The van der Waals surface area contributed by atoms with E-state index in [0.717, 1.165) is 11.6 Å². The monoisotopic (exact) mass is 249 g/mol. The van der Waals surface area contributed by atoms with E-state index in [1.165, 1.54) is 7.11 Å². The van der Waals surface area contributed by atoms with Crippen LogP contribution in [0.15, 0.2) is 48.2 Å². The predicted molar refractivity (Wildman–Crippen MR) is 65.0 cm³/mol. The molecule has 0 heterocycles. The molecule has 0 amide bonds. The van der Waals surface area contributed by atoms with E-state index in [2.05, 4.69) is 0 Å². The van der Waals surface area contributed by atoms with Crippen molar-refractivity contribution in [2.75, 3.05) is 7.11 Å². The molecule has 0 radical (unpaired) electrons. The van der Waals surface area contributed by atoms with Gasteiger partial charge in [0.2, 0.25) is 0 Å². The number of hydrogen-bond donors (Lipinski definition) is 0. The van der Waals surface area contributed by atoms with Crippen molar-refractivity contribution in [1.29, 1.82) is 0 Å². The summed E-state index contributed by atoms with van der Waals surface area (Å²) in [5.41, 5.74) is 1.30. The second-order valence-corrected chi connectivity index (χ2v) is 4.04. The van der Waals surface area contributed by atoms with Crippen molar-refractivity contribution < 1.29 is 14.1 Å². The normalized spacial score (nSPS) is 23.0. The van der Waals surface area contributed by atoms with Gasteiger partial charge in [0.25, 0.3) is 0 Å². The maximum Gasteiger partial charge on any atom is 0.385 e. The molecule has 1 aromatic rings. The molecule has 5 heteroatoms. The molecule has 0 aliphatic heterocycles. The van der Waals surface area contributed by atoms with Crippen LogP contribution in [-0.2, 0) is 4.74 Å². The maximum atomic E-state index is 14.2. The zero-order valence-electron chi connectivity index (χ0n) is 9.80. The summed E-state index contributed by atoms with van der Waals surface area (Å²) in [5, 5.41) is 10.8. The molecular formula is C13H12FNO3. The summed E-state index contributed by atoms with van der Waals surface area (Å²) in [7, 11) is 1.36. The molecule has 0 bridgehead atoms. The van der Waals surface area contributed by atoms with Gasteiger partial charge in [-0.2, -0.15) is 4.39 Å². The Morgan fingerprint density at radius 1 is 1.39 bits per heavy atom. The Hall–Kier alpha value is -2.17. The summed E-state index contributed by atoms with van der Waals surface area (Å²) in [6.45, 7) is 0. The number of allylic oxidation sites excluding steroid dienone is 1. The zero-order valence-corrected chi connectivity index (χ0v) is 9.80. The summed E-state index contributed by atoms with van der Waals surface area (Å²) >= 11 is 0. The average Bonchev–Trinajstić information content (AvgIpc) is 2.39. The molecule has 1 aliphatic carbocycles. The van der Waals surface area contributed by atoms with Gasteiger partial charge >= 0.3 is 5.79 Å². The van der Waals surface area contributed by atoms with Crippen LogP contribution in [0.2, 0.25) is 0 Å². The molecule has 0 aromatic heterocycles. The van der Waals surface area contributed by atoms with Crippen molar-refractivity contribution in [3.8, 4) is 0 Å². The van der Waals surface area contributed by atoms with E-state index in [1.807, 2.05) is 6.07 Å². The van der Waals surface area contributed by atoms with Crippen LogP contribution in [-0.4, -0.2) is 17.8 Å². The summed E-state index contributed by atoms with van der Waals surface area (Å²) < 4.78 is 19.1. The molecule has 0 N–H and O–H groups in total. The Labute approximate surface area is 104 Å². The van der Waals surface area contributed by atoms with E-state index < -0.39 is 10.7 Å². The van der Waals surface area contributed by atoms with Crippen molar-refractivity contribution in [2.24, 2.45) is 0 Å². The third-order valence-corrected chi connectivity index (χ3v) is 2.80. The Morgan fingerprint density at radius 2 is 2.06 bits per heavy atom. The van der Waals surface area contributed by atoms with Crippen LogP contribution in [0.3, 0.4) is 0 Å². The molecule has 0 saturated heterocycles. The van der Waals surface area contributed by atoms with E-state index in [-0.39, 0.29) is 12.2 Å². The van der Waals surface area contributed by atoms with E-state index in [9.17, 15) is 14.5 Å². The van der Waals surface area contributed by atoms with Gasteiger partial charge < -0.3 is 4.74 Å². The number of halogens is 1. The average molecular weight is 249 g/mol. The third-order valence-electron chi connectivity index (χ3n) is 2.80. The van der Waals surface area contributed by atoms with Crippen LogP contribution in [0.25, 0.3) is 5.57 Å². The summed E-state index contributed by atoms with van der Waals surface area (Å²) in [6, 6.07) is 8.99. The molecule has 1 unspecified atom stereocenters. The highest BCUT2D eigenvalue weighted by Crippen LogP contribution is 2.35. The van der Waals surface area contributed by atoms with Crippen molar-refractivity contribution in [2.45, 2.75) is 12.2 Å². The third kappa shape index (κ3) is 2.25. The highest BCUT2D eigenvalue weighted by molar-refractivity contribution is 5.70. The number of rotatable bonds is 3. The van der Waals surface area contributed by atoms with Crippen LogP contribution in [0.5, 0.6) is 0 Å². The fraction of sp³-hybridized carbons (Fsp3) is 0.231. The lowest BCUT2D eigenvalue weighted by molar-refractivity contribution is -0.588. The van der Waals surface area contributed by atoms with Gasteiger partial charge in [0, 0.05) is 0 Å². The molecule has 1 aromatic carbocycles. The molecule has 2 rings (SSSR count). The number of nitro groups is 1. The molecule has 4 nitrogen and oxygen atoms in total. The first-order valence-electron chi connectivity index (χ1n) is 5.41. The van der Waals surface area contributed by atoms with Crippen LogP contribution < -0.4 is 0 Å². The molecule has 0 fully saturated rings. The number of benzene rings is 1. The standard InChI is InChI=1S/C13H12FNO3/c1-18-12-7-11(10-5-3-2-4-6-10)8-13(14,9-12)15(16)17/h2-7,9H,8H2,1H3. The van der Waals surface area contributed by atoms with E-state index in [0.29, 0.717) is 5.57 Å². The maximum absolute atomic E-state index is 14.2. The van der Waals surface area contributed by atoms with Gasteiger partial charge in [0.1, 0.15) is 5.76 Å². The molecule has 94 valence electrons. The van der Waals surface area contributed by atoms with Gasteiger partial charge in [-0.05, 0) is 17.2 Å². The Balaban J connectivity index is 2.42. The van der Waals surface area contributed by atoms with E-state index >= 15 is 0 Å². The molecule has 18 heavy (non-hydrogen) atoms.